The van der Waals surface area contributed by atoms with Crippen molar-refractivity contribution in [1.29, 1.82) is 0 Å². The zero-order chi connectivity index (χ0) is 0. The van der Waals surface area contributed by atoms with Crippen LogP contribution in [0.15, 0.2) is 0 Å². The first-order valence-corrected chi connectivity index (χ1v) is 0. The molecule has 4 heavy (non-hydrogen) atoms. The number of rotatable bonds is 0. The Kier molecular flexibility index (Phi) is 191. The van der Waals surface area contributed by atoms with Gasteiger partial charge in [0.15, 0.2) is 0 Å². The van der Waals surface area contributed by atoms with Gasteiger partial charge in [0.25, 0.3) is 0 Å². The molecule has 0 aromatic heterocycles. The second-order valence-corrected chi connectivity index (χ2v) is 0. The van der Waals surface area contributed by atoms with Crippen LogP contribution in [0.4, 0.5) is 0 Å². The minimum atomic E-state index is 0. The summed E-state index contributed by atoms with van der Waals surface area (Å²) in [6, 6.07) is 0. The van der Waals surface area contributed by atoms with Crippen molar-refractivity contribution in [2.24, 2.45) is 0 Å². The molecule has 27 valence electrons. The smallest absolute Gasteiger partial charge is 0 e. The van der Waals surface area contributed by atoms with Crippen LogP contribution in [0.2, 0.25) is 0 Å². The Balaban J connectivity index is 0. The van der Waals surface area contributed by atoms with E-state index >= 15 is 0 Å². The SMILES string of the molecule is B.[Co].[Fe].[Zr]. The van der Waals surface area contributed by atoms with E-state index in [1.807, 2.05) is 0 Å². The number of hydrogen-bond acceptors (Lipinski definition) is 0. The van der Waals surface area contributed by atoms with Gasteiger partial charge in [-0.25, -0.2) is 0 Å². The molecule has 0 atom stereocenters. The molecular weight excluding hydrogens is 217 g/mol. The second-order valence-electron chi connectivity index (χ2n) is 0. The van der Waals surface area contributed by atoms with E-state index in [-0.39, 0.29) is 68.5 Å². The second kappa shape index (κ2) is 20.2. The third-order valence-corrected chi connectivity index (χ3v) is 0. The molecule has 0 aliphatic heterocycles. The fourth-order valence-electron chi connectivity index (χ4n) is 0. The van der Waals surface area contributed by atoms with E-state index < -0.39 is 0 Å². The molecule has 0 spiro atoms. The summed E-state index contributed by atoms with van der Waals surface area (Å²) in [5, 5.41) is 0. The van der Waals surface area contributed by atoms with Crippen molar-refractivity contribution < 1.29 is 60.1 Å². The van der Waals surface area contributed by atoms with Gasteiger partial charge >= 0.3 is 0 Å². The molecule has 0 aliphatic carbocycles. The molecule has 0 nitrogen and oxygen atoms in total. The first-order valence-electron chi connectivity index (χ1n) is 0. The van der Waals surface area contributed by atoms with Gasteiger partial charge in [0.1, 0.15) is 0 Å². The van der Waals surface area contributed by atoms with E-state index in [9.17, 15) is 0 Å². The molecule has 0 fully saturated rings. The van der Waals surface area contributed by atoms with Gasteiger partial charge in [0.2, 0.25) is 0 Å². The van der Waals surface area contributed by atoms with Gasteiger partial charge in [-0.1, -0.05) is 0 Å². The molecule has 0 N–H and O–H groups in total. The number of hydrogen-bond donors (Lipinski definition) is 0. The molecule has 0 amide bonds. The molecule has 0 bridgehead atoms. The van der Waals surface area contributed by atoms with Gasteiger partial charge in [-0.2, -0.15) is 0 Å². The Morgan fingerprint density at radius 3 is 1.00 bits per heavy atom. The van der Waals surface area contributed by atoms with E-state index in [1.165, 1.54) is 0 Å². The largest absolute Gasteiger partial charge is 0.0814 e. The molecule has 0 rings (SSSR count). The van der Waals surface area contributed by atoms with Gasteiger partial charge in [0.05, 0.1) is 8.41 Å². The molecule has 1 radical (unpaired) electrons. The van der Waals surface area contributed by atoms with Crippen LogP contribution < -0.4 is 0 Å². The van der Waals surface area contributed by atoms with Crippen LogP contribution in [-0.2, 0) is 60.1 Å². The Hall–Kier alpha value is 1.97. The predicted octanol–water partition coefficient (Wildman–Crippen LogP) is -1.19. The minimum Gasteiger partial charge on any atom is 0 e. The van der Waals surface area contributed by atoms with Crippen LogP contribution in [0.1, 0.15) is 0 Å². The van der Waals surface area contributed by atoms with E-state index in [0.717, 1.165) is 0 Å². The maximum Gasteiger partial charge on any atom is 0.0814 e. The van der Waals surface area contributed by atoms with Crippen molar-refractivity contribution >= 4 is 8.41 Å². The van der Waals surface area contributed by atoms with Crippen LogP contribution >= 0.6 is 0 Å². The van der Waals surface area contributed by atoms with E-state index in [4.69, 9.17) is 0 Å². The predicted molar refractivity (Wildman–Crippen MR) is 9.94 cm³/mol. The topological polar surface area (TPSA) is 0 Å². The Morgan fingerprint density at radius 1 is 1.00 bits per heavy atom. The standard InChI is InChI=1S/BH3.Co.Fe.Zr/h1H3;;;. The summed E-state index contributed by atoms with van der Waals surface area (Å²) in [5.74, 6) is 0. The third kappa shape index (κ3) is 9.02. The molecule has 0 aliphatic rings. The zero-order valence-electron chi connectivity index (χ0n) is 1.19. The van der Waals surface area contributed by atoms with Gasteiger partial charge in [0, 0.05) is 60.1 Å². The van der Waals surface area contributed by atoms with Gasteiger partial charge in [-0.3, -0.25) is 0 Å². The molecule has 0 heterocycles. The average Bonchev–Trinajstić information content (AvgIpc) is 0. The van der Waals surface area contributed by atoms with Gasteiger partial charge in [-0.15, -0.1) is 0 Å². The Morgan fingerprint density at radius 2 is 1.00 bits per heavy atom. The normalized spacial score (nSPS) is 0. The average molecular weight is 220 g/mol. The molecule has 0 unspecified atom stereocenters. The van der Waals surface area contributed by atoms with Crippen molar-refractivity contribution in [3.63, 3.8) is 0 Å². The molecule has 0 saturated carbocycles. The van der Waals surface area contributed by atoms with Crippen molar-refractivity contribution in [2.75, 3.05) is 0 Å². The summed E-state index contributed by atoms with van der Waals surface area (Å²) in [5.41, 5.74) is 0. The van der Waals surface area contributed by atoms with Gasteiger partial charge < -0.3 is 0 Å². The van der Waals surface area contributed by atoms with Crippen molar-refractivity contribution in [3.8, 4) is 0 Å². The summed E-state index contributed by atoms with van der Waals surface area (Å²) in [6.45, 7) is 0. The van der Waals surface area contributed by atoms with Crippen LogP contribution in [-0.4, -0.2) is 8.41 Å². The summed E-state index contributed by atoms with van der Waals surface area (Å²) >= 11 is 0. The first-order chi connectivity index (χ1) is 0. The van der Waals surface area contributed by atoms with Crippen molar-refractivity contribution in [3.05, 3.63) is 0 Å². The maximum absolute atomic E-state index is 0. The first kappa shape index (κ1) is 37.9. The summed E-state index contributed by atoms with van der Waals surface area (Å²) in [6.07, 6.45) is 0. The molecule has 0 saturated heterocycles. The van der Waals surface area contributed by atoms with Crippen molar-refractivity contribution in [1.82, 2.24) is 0 Å². The van der Waals surface area contributed by atoms with E-state index in [1.54, 1.807) is 0 Å². The molecular formula is H3BCoFeZr. The fraction of sp³-hybridized carbons (Fsp3) is 0. The summed E-state index contributed by atoms with van der Waals surface area (Å²) < 4.78 is 0. The van der Waals surface area contributed by atoms with Crippen LogP contribution in [0.5, 0.6) is 0 Å². The van der Waals surface area contributed by atoms with E-state index in [0.29, 0.717) is 0 Å². The summed E-state index contributed by atoms with van der Waals surface area (Å²) in [4.78, 5) is 0. The molecule has 0 aromatic rings. The van der Waals surface area contributed by atoms with Gasteiger partial charge in [-0.05, 0) is 0 Å². The molecule has 0 aromatic carbocycles. The third-order valence-electron chi connectivity index (χ3n) is 0. The van der Waals surface area contributed by atoms with E-state index in [2.05, 4.69) is 0 Å². The zero-order valence-corrected chi connectivity index (χ0v) is 5.79. The Labute approximate surface area is 67.9 Å². The van der Waals surface area contributed by atoms with Crippen LogP contribution in [0.25, 0.3) is 0 Å². The minimum absolute atomic E-state index is 0. The summed E-state index contributed by atoms with van der Waals surface area (Å²) in [7, 11) is 0. The van der Waals surface area contributed by atoms with Crippen molar-refractivity contribution in [2.45, 2.75) is 0 Å². The van der Waals surface area contributed by atoms with Crippen LogP contribution in [0.3, 0.4) is 0 Å². The maximum atomic E-state index is 0. The monoisotopic (exact) mass is 219 g/mol. The fourth-order valence-corrected chi connectivity index (χ4v) is 0. The quantitative estimate of drug-likeness (QED) is 0.450. The molecule has 4 heteroatoms. The Bertz CT molecular complexity index is 8.00. The van der Waals surface area contributed by atoms with Crippen LogP contribution in [0, 0.1) is 0 Å².